The number of hydrogen-bond acceptors (Lipinski definition) is 4. The Bertz CT molecular complexity index is 1100. The quantitative estimate of drug-likeness (QED) is 0.426. The van der Waals surface area contributed by atoms with Crippen LogP contribution in [-0.2, 0) is 13.2 Å². The molecule has 0 saturated heterocycles. The zero-order valence-electron chi connectivity index (χ0n) is 16.7. The molecule has 0 fully saturated rings. The fourth-order valence-electron chi connectivity index (χ4n) is 3.32. The summed E-state index contributed by atoms with van der Waals surface area (Å²) in [6.45, 7) is 3.60. The number of ether oxygens (including phenoxy) is 3. The fraction of sp³-hybridized carbons (Fsp3) is 0.208. The monoisotopic (exact) mass is 388 g/mol. The number of hydrogen-bond donors (Lipinski definition) is 0. The van der Waals surface area contributed by atoms with Gasteiger partial charge in [0.1, 0.15) is 24.8 Å². The highest BCUT2D eigenvalue weighted by atomic mass is 16.5. The molecule has 4 rings (SSSR count). The van der Waals surface area contributed by atoms with E-state index in [1.54, 1.807) is 7.11 Å². The minimum atomic E-state index is 0.396. The topological polar surface area (TPSA) is 45.5 Å². The van der Waals surface area contributed by atoms with Gasteiger partial charge in [-0.15, -0.1) is 0 Å². The Labute approximate surface area is 170 Å². The van der Waals surface area contributed by atoms with Crippen LogP contribution in [0.25, 0.3) is 11.0 Å². The summed E-state index contributed by atoms with van der Waals surface area (Å²) in [6.07, 6.45) is 0. The first kappa shape index (κ1) is 18.9. The third-order valence-electron chi connectivity index (χ3n) is 4.73. The maximum Gasteiger partial charge on any atom is 0.161 e. The highest BCUT2D eigenvalue weighted by Crippen LogP contribution is 2.26. The van der Waals surface area contributed by atoms with Gasteiger partial charge >= 0.3 is 0 Å². The van der Waals surface area contributed by atoms with Crippen molar-refractivity contribution < 1.29 is 14.2 Å². The molecule has 29 heavy (non-hydrogen) atoms. The largest absolute Gasteiger partial charge is 0.493 e. The van der Waals surface area contributed by atoms with Crippen molar-refractivity contribution in [3.8, 4) is 17.2 Å². The molecular weight excluding hydrogens is 364 g/mol. The molecule has 148 valence electrons. The van der Waals surface area contributed by atoms with E-state index in [4.69, 9.17) is 19.2 Å². The number of para-hydroxylation sites is 4. The highest BCUT2D eigenvalue weighted by molar-refractivity contribution is 5.75. The van der Waals surface area contributed by atoms with E-state index in [1.807, 2.05) is 60.7 Å². The highest BCUT2D eigenvalue weighted by Gasteiger charge is 2.12. The van der Waals surface area contributed by atoms with Crippen molar-refractivity contribution in [2.75, 3.05) is 13.7 Å². The van der Waals surface area contributed by atoms with Gasteiger partial charge in [0.05, 0.1) is 24.7 Å². The van der Waals surface area contributed by atoms with E-state index in [1.165, 1.54) is 5.56 Å². The molecule has 5 nitrogen and oxygen atoms in total. The second-order valence-corrected chi connectivity index (χ2v) is 6.77. The molecule has 0 spiro atoms. The average Bonchev–Trinajstić information content (AvgIpc) is 3.10. The smallest absolute Gasteiger partial charge is 0.161 e. The molecule has 3 aromatic carbocycles. The van der Waals surface area contributed by atoms with Gasteiger partial charge in [0.15, 0.2) is 11.5 Å². The number of fused-ring (bicyclic) bond motifs is 1. The van der Waals surface area contributed by atoms with Gasteiger partial charge < -0.3 is 18.8 Å². The lowest BCUT2D eigenvalue weighted by atomic mass is 10.2. The van der Waals surface area contributed by atoms with E-state index in [0.29, 0.717) is 19.8 Å². The van der Waals surface area contributed by atoms with E-state index in [-0.39, 0.29) is 0 Å². The van der Waals surface area contributed by atoms with Crippen LogP contribution in [0.2, 0.25) is 0 Å². The van der Waals surface area contributed by atoms with E-state index >= 15 is 0 Å². The molecule has 0 aliphatic heterocycles. The van der Waals surface area contributed by atoms with Crippen molar-refractivity contribution >= 4 is 11.0 Å². The summed E-state index contributed by atoms with van der Waals surface area (Å²) in [4.78, 5) is 4.77. The van der Waals surface area contributed by atoms with Crippen molar-refractivity contribution in [1.29, 1.82) is 0 Å². The summed E-state index contributed by atoms with van der Waals surface area (Å²) in [5.41, 5.74) is 3.19. The number of imidazole rings is 1. The van der Waals surface area contributed by atoms with Crippen molar-refractivity contribution in [1.82, 2.24) is 9.55 Å². The predicted molar refractivity (Wildman–Crippen MR) is 114 cm³/mol. The van der Waals surface area contributed by atoms with Crippen LogP contribution in [0.5, 0.6) is 17.2 Å². The standard InChI is InChI=1S/C24H24N2O3/c1-18-8-7-9-19(16-18)29-17-24-25-20-10-3-4-11-21(20)26(24)14-15-28-23-13-6-5-12-22(23)27-2/h3-13,16H,14-15,17H2,1-2H3. The molecule has 0 aliphatic rings. The molecule has 0 amide bonds. The number of methoxy groups -OCH3 is 1. The Morgan fingerprint density at radius 1 is 0.862 bits per heavy atom. The van der Waals surface area contributed by atoms with E-state index < -0.39 is 0 Å². The lowest BCUT2D eigenvalue weighted by Gasteiger charge is -2.13. The van der Waals surface area contributed by atoms with Gasteiger partial charge in [-0.2, -0.15) is 0 Å². The van der Waals surface area contributed by atoms with Gasteiger partial charge in [-0.1, -0.05) is 36.4 Å². The first-order valence-corrected chi connectivity index (χ1v) is 9.64. The Kier molecular flexibility index (Phi) is 5.66. The molecule has 0 saturated carbocycles. The molecule has 1 aromatic heterocycles. The van der Waals surface area contributed by atoms with Crippen molar-refractivity contribution in [3.05, 3.63) is 84.2 Å². The lowest BCUT2D eigenvalue weighted by molar-refractivity contribution is 0.264. The molecule has 0 bridgehead atoms. The molecule has 5 heteroatoms. The normalized spacial score (nSPS) is 10.8. The summed E-state index contributed by atoms with van der Waals surface area (Å²) in [5.74, 6) is 3.17. The van der Waals surface area contributed by atoms with Crippen LogP contribution in [-0.4, -0.2) is 23.3 Å². The first-order valence-electron chi connectivity index (χ1n) is 9.64. The SMILES string of the molecule is COc1ccccc1OCCn1c(COc2cccc(C)c2)nc2ccccc21. The third kappa shape index (κ3) is 4.35. The molecule has 0 N–H and O–H groups in total. The van der Waals surface area contributed by atoms with Gasteiger partial charge in [-0.05, 0) is 48.9 Å². The average molecular weight is 388 g/mol. The van der Waals surface area contributed by atoms with E-state index in [0.717, 1.165) is 34.1 Å². The molecule has 0 radical (unpaired) electrons. The second-order valence-electron chi connectivity index (χ2n) is 6.77. The van der Waals surface area contributed by atoms with Gasteiger partial charge in [0, 0.05) is 0 Å². The first-order chi connectivity index (χ1) is 14.2. The number of aromatic nitrogens is 2. The van der Waals surface area contributed by atoms with Crippen LogP contribution in [0, 0.1) is 6.92 Å². The van der Waals surface area contributed by atoms with Crippen LogP contribution in [0.4, 0.5) is 0 Å². The molecule has 0 unspecified atom stereocenters. The van der Waals surface area contributed by atoms with E-state index in [2.05, 4.69) is 23.6 Å². The van der Waals surface area contributed by atoms with Crippen LogP contribution in [0.3, 0.4) is 0 Å². The van der Waals surface area contributed by atoms with Gasteiger partial charge in [0.2, 0.25) is 0 Å². The van der Waals surface area contributed by atoms with Crippen LogP contribution < -0.4 is 14.2 Å². The summed E-state index contributed by atoms with van der Waals surface area (Å²) in [6, 6.07) is 23.8. The van der Waals surface area contributed by atoms with Gasteiger partial charge in [0.25, 0.3) is 0 Å². The minimum Gasteiger partial charge on any atom is -0.493 e. The van der Waals surface area contributed by atoms with Crippen LogP contribution >= 0.6 is 0 Å². The molecular formula is C24H24N2O3. The van der Waals surface area contributed by atoms with Crippen molar-refractivity contribution in [2.45, 2.75) is 20.1 Å². The summed E-state index contributed by atoms with van der Waals surface area (Å²) < 4.78 is 19.5. The lowest BCUT2D eigenvalue weighted by Crippen LogP contribution is -2.13. The summed E-state index contributed by atoms with van der Waals surface area (Å²) in [5, 5.41) is 0. The number of nitrogens with zero attached hydrogens (tertiary/aromatic N) is 2. The van der Waals surface area contributed by atoms with Crippen molar-refractivity contribution in [3.63, 3.8) is 0 Å². The minimum absolute atomic E-state index is 0.396. The summed E-state index contributed by atoms with van der Waals surface area (Å²) >= 11 is 0. The molecule has 1 heterocycles. The third-order valence-corrected chi connectivity index (χ3v) is 4.73. The Hall–Kier alpha value is -3.47. The fourth-order valence-corrected chi connectivity index (χ4v) is 3.32. The molecule has 4 aromatic rings. The van der Waals surface area contributed by atoms with E-state index in [9.17, 15) is 0 Å². The zero-order valence-corrected chi connectivity index (χ0v) is 16.7. The number of benzene rings is 3. The zero-order chi connectivity index (χ0) is 20.1. The number of rotatable bonds is 8. The number of aryl methyl sites for hydroxylation is 1. The Morgan fingerprint density at radius 3 is 2.48 bits per heavy atom. The maximum absolute atomic E-state index is 6.00. The molecule has 0 aliphatic carbocycles. The maximum atomic E-state index is 6.00. The Balaban J connectivity index is 1.52. The van der Waals surface area contributed by atoms with Crippen LogP contribution in [0.15, 0.2) is 72.8 Å². The van der Waals surface area contributed by atoms with Gasteiger partial charge in [-0.25, -0.2) is 4.98 Å². The molecule has 0 atom stereocenters. The summed E-state index contributed by atoms with van der Waals surface area (Å²) in [7, 11) is 1.65. The van der Waals surface area contributed by atoms with Crippen molar-refractivity contribution in [2.24, 2.45) is 0 Å². The van der Waals surface area contributed by atoms with Gasteiger partial charge in [-0.3, -0.25) is 0 Å². The second kappa shape index (κ2) is 8.69. The van der Waals surface area contributed by atoms with Crippen LogP contribution in [0.1, 0.15) is 11.4 Å². The Morgan fingerprint density at radius 2 is 1.66 bits per heavy atom. The predicted octanol–water partition coefficient (Wildman–Crippen LogP) is 5.01.